The van der Waals surface area contributed by atoms with Gasteiger partial charge in [-0.3, -0.25) is 4.79 Å². The van der Waals surface area contributed by atoms with Crippen LogP contribution in [0.4, 0.5) is 4.39 Å². The number of hydrogen-bond donors (Lipinski definition) is 1. The Hall–Kier alpha value is -1.86. The van der Waals surface area contributed by atoms with Gasteiger partial charge in [-0.2, -0.15) is 0 Å². The highest BCUT2D eigenvalue weighted by atomic mass is 19.1. The SMILES string of the molecule is CC1CCCCCN1C(=O)c1ccc(C#CCN)cc1F. The van der Waals surface area contributed by atoms with E-state index in [2.05, 4.69) is 11.8 Å². The molecule has 1 aliphatic heterocycles. The molecule has 0 radical (unpaired) electrons. The Labute approximate surface area is 125 Å². The normalized spacial score (nSPS) is 18.6. The Morgan fingerprint density at radius 1 is 1.43 bits per heavy atom. The van der Waals surface area contributed by atoms with Gasteiger partial charge in [-0.05, 0) is 38.0 Å². The van der Waals surface area contributed by atoms with Crippen LogP contribution in [0.15, 0.2) is 18.2 Å². The first-order valence-corrected chi connectivity index (χ1v) is 7.43. The molecule has 2 rings (SSSR count). The number of likely N-dealkylation sites (tertiary alicyclic amines) is 1. The summed E-state index contributed by atoms with van der Waals surface area (Å²) in [5.41, 5.74) is 5.96. The van der Waals surface area contributed by atoms with Crippen molar-refractivity contribution in [2.75, 3.05) is 13.1 Å². The summed E-state index contributed by atoms with van der Waals surface area (Å²) in [6, 6.07) is 4.66. The van der Waals surface area contributed by atoms with E-state index in [0.29, 0.717) is 12.1 Å². The lowest BCUT2D eigenvalue weighted by atomic mass is 10.1. The summed E-state index contributed by atoms with van der Waals surface area (Å²) in [6.45, 7) is 2.96. The summed E-state index contributed by atoms with van der Waals surface area (Å²) >= 11 is 0. The van der Waals surface area contributed by atoms with Gasteiger partial charge in [0.1, 0.15) is 5.82 Å². The third kappa shape index (κ3) is 3.83. The Morgan fingerprint density at radius 3 is 2.95 bits per heavy atom. The Bertz CT molecular complexity index is 574. The van der Waals surface area contributed by atoms with Crippen LogP contribution in [-0.2, 0) is 0 Å². The Morgan fingerprint density at radius 2 is 2.24 bits per heavy atom. The summed E-state index contributed by atoms with van der Waals surface area (Å²) in [6.07, 6.45) is 4.22. The monoisotopic (exact) mass is 288 g/mol. The molecule has 1 saturated heterocycles. The fraction of sp³-hybridized carbons (Fsp3) is 0.471. The molecule has 0 spiro atoms. The predicted octanol–water partition coefficient (Wildman–Crippen LogP) is 2.54. The molecule has 1 heterocycles. The molecule has 112 valence electrons. The quantitative estimate of drug-likeness (QED) is 0.807. The predicted molar refractivity (Wildman–Crippen MR) is 81.3 cm³/mol. The minimum absolute atomic E-state index is 0.127. The molecule has 0 bridgehead atoms. The lowest BCUT2D eigenvalue weighted by Gasteiger charge is -2.27. The van der Waals surface area contributed by atoms with Crippen LogP contribution in [-0.4, -0.2) is 29.9 Å². The smallest absolute Gasteiger partial charge is 0.257 e. The standard InChI is InChI=1S/C17H21FN2O/c1-13-6-3-2-4-11-20(13)17(21)15-9-8-14(7-5-10-19)12-16(15)18/h8-9,12-13H,2-4,6,10-11,19H2,1H3. The molecular weight excluding hydrogens is 267 g/mol. The number of nitrogens with zero attached hydrogens (tertiary/aromatic N) is 1. The van der Waals surface area contributed by atoms with Crippen molar-refractivity contribution < 1.29 is 9.18 Å². The second kappa shape index (κ2) is 7.24. The average Bonchev–Trinajstić information content (AvgIpc) is 2.69. The Balaban J connectivity index is 2.22. The van der Waals surface area contributed by atoms with Crippen LogP contribution >= 0.6 is 0 Å². The fourth-order valence-electron chi connectivity index (χ4n) is 2.65. The molecule has 1 aliphatic rings. The zero-order valence-corrected chi connectivity index (χ0v) is 12.4. The van der Waals surface area contributed by atoms with Crippen molar-refractivity contribution in [3.63, 3.8) is 0 Å². The first kappa shape index (κ1) is 15.5. The highest BCUT2D eigenvalue weighted by Crippen LogP contribution is 2.20. The molecule has 0 aliphatic carbocycles. The maximum absolute atomic E-state index is 14.2. The number of rotatable bonds is 1. The van der Waals surface area contributed by atoms with Crippen LogP contribution in [0.25, 0.3) is 0 Å². The number of nitrogens with two attached hydrogens (primary N) is 1. The van der Waals surface area contributed by atoms with Gasteiger partial charge in [0, 0.05) is 18.2 Å². The van der Waals surface area contributed by atoms with Gasteiger partial charge in [-0.1, -0.05) is 24.7 Å². The van der Waals surface area contributed by atoms with Crippen LogP contribution < -0.4 is 5.73 Å². The Kier molecular flexibility index (Phi) is 5.35. The van der Waals surface area contributed by atoms with Crippen molar-refractivity contribution in [1.82, 2.24) is 4.90 Å². The van der Waals surface area contributed by atoms with E-state index in [9.17, 15) is 9.18 Å². The van der Waals surface area contributed by atoms with Gasteiger partial charge in [0.05, 0.1) is 12.1 Å². The van der Waals surface area contributed by atoms with E-state index in [-0.39, 0.29) is 24.1 Å². The van der Waals surface area contributed by atoms with Gasteiger partial charge in [0.2, 0.25) is 0 Å². The summed E-state index contributed by atoms with van der Waals surface area (Å²) in [5.74, 6) is 4.71. The minimum Gasteiger partial charge on any atom is -0.336 e. The minimum atomic E-state index is -0.514. The molecule has 4 heteroatoms. The van der Waals surface area contributed by atoms with Gasteiger partial charge in [0.15, 0.2) is 0 Å². The van der Waals surface area contributed by atoms with Gasteiger partial charge in [0.25, 0.3) is 5.91 Å². The van der Waals surface area contributed by atoms with E-state index in [0.717, 1.165) is 25.7 Å². The maximum Gasteiger partial charge on any atom is 0.257 e. The third-order valence-corrected chi connectivity index (χ3v) is 3.85. The number of hydrogen-bond acceptors (Lipinski definition) is 2. The first-order valence-electron chi connectivity index (χ1n) is 7.43. The van der Waals surface area contributed by atoms with E-state index in [4.69, 9.17) is 5.73 Å². The summed E-state index contributed by atoms with van der Waals surface area (Å²) in [7, 11) is 0. The van der Waals surface area contributed by atoms with Gasteiger partial charge < -0.3 is 10.6 Å². The number of halogens is 1. The lowest BCUT2D eigenvalue weighted by Crippen LogP contribution is -2.38. The van der Waals surface area contributed by atoms with Crippen molar-refractivity contribution in [2.45, 2.75) is 38.6 Å². The molecule has 3 nitrogen and oxygen atoms in total. The van der Waals surface area contributed by atoms with Crippen LogP contribution in [0, 0.1) is 17.7 Å². The van der Waals surface area contributed by atoms with E-state index in [1.54, 1.807) is 11.0 Å². The molecule has 1 aromatic rings. The molecular formula is C17H21FN2O. The molecule has 2 N–H and O–H groups in total. The number of benzene rings is 1. The second-order valence-corrected chi connectivity index (χ2v) is 5.40. The topological polar surface area (TPSA) is 46.3 Å². The molecule has 1 amide bonds. The zero-order valence-electron chi connectivity index (χ0n) is 12.4. The number of carbonyl (C=O) groups is 1. The average molecular weight is 288 g/mol. The van der Waals surface area contributed by atoms with E-state index in [1.165, 1.54) is 12.1 Å². The molecule has 1 aromatic carbocycles. The number of amides is 1. The lowest BCUT2D eigenvalue weighted by molar-refractivity contribution is 0.0693. The third-order valence-electron chi connectivity index (χ3n) is 3.85. The van der Waals surface area contributed by atoms with Crippen molar-refractivity contribution in [3.05, 3.63) is 35.1 Å². The number of carbonyl (C=O) groups excluding carboxylic acids is 1. The van der Waals surface area contributed by atoms with Crippen molar-refractivity contribution >= 4 is 5.91 Å². The molecule has 21 heavy (non-hydrogen) atoms. The fourth-order valence-corrected chi connectivity index (χ4v) is 2.65. The van der Waals surface area contributed by atoms with E-state index in [1.807, 2.05) is 6.92 Å². The molecule has 0 saturated carbocycles. The van der Waals surface area contributed by atoms with Crippen LogP contribution in [0.5, 0.6) is 0 Å². The van der Waals surface area contributed by atoms with Gasteiger partial charge in [-0.15, -0.1) is 0 Å². The van der Waals surface area contributed by atoms with Gasteiger partial charge >= 0.3 is 0 Å². The highest BCUT2D eigenvalue weighted by Gasteiger charge is 2.25. The molecule has 1 unspecified atom stereocenters. The van der Waals surface area contributed by atoms with Crippen LogP contribution in [0.1, 0.15) is 48.5 Å². The largest absolute Gasteiger partial charge is 0.336 e. The van der Waals surface area contributed by atoms with E-state index < -0.39 is 5.82 Å². The molecule has 1 fully saturated rings. The van der Waals surface area contributed by atoms with Crippen molar-refractivity contribution in [1.29, 1.82) is 0 Å². The summed E-state index contributed by atoms with van der Waals surface area (Å²) < 4.78 is 14.2. The molecule has 0 aromatic heterocycles. The highest BCUT2D eigenvalue weighted by molar-refractivity contribution is 5.94. The van der Waals surface area contributed by atoms with Crippen molar-refractivity contribution in [2.24, 2.45) is 5.73 Å². The van der Waals surface area contributed by atoms with E-state index >= 15 is 0 Å². The second-order valence-electron chi connectivity index (χ2n) is 5.40. The first-order chi connectivity index (χ1) is 10.1. The van der Waals surface area contributed by atoms with Gasteiger partial charge in [-0.25, -0.2) is 4.39 Å². The zero-order chi connectivity index (χ0) is 15.2. The summed E-state index contributed by atoms with van der Waals surface area (Å²) in [5, 5.41) is 0. The van der Waals surface area contributed by atoms with Crippen LogP contribution in [0.3, 0.4) is 0 Å². The summed E-state index contributed by atoms with van der Waals surface area (Å²) in [4.78, 5) is 14.3. The maximum atomic E-state index is 14.2. The molecule has 1 atom stereocenters. The van der Waals surface area contributed by atoms with Crippen LogP contribution in [0.2, 0.25) is 0 Å². The van der Waals surface area contributed by atoms with Crippen molar-refractivity contribution in [3.8, 4) is 11.8 Å².